The first-order valence-corrected chi connectivity index (χ1v) is 11.2. The summed E-state index contributed by atoms with van der Waals surface area (Å²) in [6.07, 6.45) is 1.79. The van der Waals surface area contributed by atoms with Crippen LogP contribution in [0.15, 0.2) is 72.8 Å². The van der Waals surface area contributed by atoms with Crippen LogP contribution < -0.4 is 0 Å². The maximum absolute atomic E-state index is 13.7. The first-order chi connectivity index (χ1) is 16.0. The second-order valence-corrected chi connectivity index (χ2v) is 8.77. The van der Waals surface area contributed by atoms with Crippen molar-refractivity contribution >= 4 is 0 Å². The molecule has 0 aliphatic carbocycles. The molecule has 5 rings (SSSR count). The molecule has 33 heavy (non-hydrogen) atoms. The molecule has 0 saturated carbocycles. The van der Waals surface area contributed by atoms with Gasteiger partial charge >= 0.3 is 0 Å². The third-order valence-corrected chi connectivity index (χ3v) is 6.25. The molecule has 2 heterocycles. The molecule has 3 aromatic carbocycles. The van der Waals surface area contributed by atoms with Crippen molar-refractivity contribution in [2.45, 2.75) is 25.0 Å². The minimum atomic E-state index is -0.578. The lowest BCUT2D eigenvalue weighted by Crippen LogP contribution is -2.28. The van der Waals surface area contributed by atoms with Crippen molar-refractivity contribution in [3.63, 3.8) is 0 Å². The van der Waals surface area contributed by atoms with Gasteiger partial charge < -0.3 is 9.64 Å². The van der Waals surface area contributed by atoms with Crippen LogP contribution >= 0.6 is 0 Å². The Morgan fingerprint density at radius 2 is 1.79 bits per heavy atom. The third-order valence-electron chi connectivity index (χ3n) is 6.25. The molecule has 0 spiro atoms. The first-order valence-electron chi connectivity index (χ1n) is 11.2. The van der Waals surface area contributed by atoms with E-state index in [0.717, 1.165) is 53.0 Å². The van der Waals surface area contributed by atoms with Crippen molar-refractivity contribution in [3.8, 4) is 22.8 Å². The van der Waals surface area contributed by atoms with Crippen molar-refractivity contribution < 1.29 is 9.13 Å². The predicted molar refractivity (Wildman–Crippen MR) is 127 cm³/mol. The molecular formula is C27H27FN4O. The lowest BCUT2D eigenvalue weighted by Gasteiger charge is -2.31. The average Bonchev–Trinajstić information content (AvgIpc) is 3.46. The summed E-state index contributed by atoms with van der Waals surface area (Å²) >= 11 is 0. The van der Waals surface area contributed by atoms with Crippen LogP contribution in [0.1, 0.15) is 29.5 Å². The molecule has 1 aliphatic heterocycles. The number of nitrogens with zero attached hydrogens (tertiary/aromatic N) is 3. The molecule has 0 unspecified atom stereocenters. The molecule has 0 bridgehead atoms. The second-order valence-electron chi connectivity index (χ2n) is 8.77. The van der Waals surface area contributed by atoms with Crippen LogP contribution in [0.5, 0.6) is 0 Å². The van der Waals surface area contributed by atoms with Gasteiger partial charge in [0, 0.05) is 11.1 Å². The van der Waals surface area contributed by atoms with E-state index in [-0.39, 0.29) is 5.82 Å². The molecule has 6 heteroatoms. The van der Waals surface area contributed by atoms with Gasteiger partial charge in [-0.15, -0.1) is 0 Å². The molecule has 5 nitrogen and oxygen atoms in total. The van der Waals surface area contributed by atoms with Gasteiger partial charge in [0.25, 0.3) is 0 Å². The molecule has 1 N–H and O–H groups in total. The number of ether oxygens (including phenoxy) is 1. The van der Waals surface area contributed by atoms with Crippen molar-refractivity contribution in [2.75, 3.05) is 20.6 Å². The maximum Gasteiger partial charge on any atom is 0.181 e. The Bertz CT molecular complexity index is 1240. The number of aromatic nitrogens is 3. The Morgan fingerprint density at radius 1 is 1.00 bits per heavy atom. The van der Waals surface area contributed by atoms with Crippen LogP contribution in [0.3, 0.4) is 0 Å². The topological polar surface area (TPSA) is 54.0 Å². The van der Waals surface area contributed by atoms with Gasteiger partial charge in [-0.1, -0.05) is 54.6 Å². The summed E-state index contributed by atoms with van der Waals surface area (Å²) in [6.45, 7) is 1.46. The second kappa shape index (κ2) is 8.89. The molecule has 0 amide bonds. The quantitative estimate of drug-likeness (QED) is 0.417. The minimum Gasteiger partial charge on any atom is -0.361 e. The Hall–Kier alpha value is -3.35. The number of benzene rings is 3. The van der Waals surface area contributed by atoms with E-state index >= 15 is 0 Å². The summed E-state index contributed by atoms with van der Waals surface area (Å²) in [5.74, 6) is 1.16. The molecule has 4 aromatic rings. The van der Waals surface area contributed by atoms with Crippen LogP contribution in [0.25, 0.3) is 22.8 Å². The molecule has 0 saturated heterocycles. The Balaban J connectivity index is 1.49. The van der Waals surface area contributed by atoms with E-state index in [2.05, 4.69) is 47.4 Å². The molecule has 168 valence electrons. The smallest absolute Gasteiger partial charge is 0.181 e. The minimum absolute atomic E-state index is 0.241. The van der Waals surface area contributed by atoms with Crippen molar-refractivity contribution in [3.05, 3.63) is 95.3 Å². The third kappa shape index (κ3) is 4.19. The highest BCUT2D eigenvalue weighted by Crippen LogP contribution is 2.46. The van der Waals surface area contributed by atoms with Gasteiger partial charge in [0.15, 0.2) is 11.6 Å². The van der Waals surface area contributed by atoms with Crippen LogP contribution in [0.4, 0.5) is 4.39 Å². The predicted octanol–water partition coefficient (Wildman–Crippen LogP) is 5.39. The Labute approximate surface area is 193 Å². The highest BCUT2D eigenvalue weighted by Gasteiger charge is 2.41. The number of aromatic amines is 1. The maximum atomic E-state index is 13.7. The van der Waals surface area contributed by atoms with E-state index in [1.54, 1.807) is 0 Å². The summed E-state index contributed by atoms with van der Waals surface area (Å²) in [5, 5.41) is 7.48. The summed E-state index contributed by atoms with van der Waals surface area (Å²) in [7, 11) is 4.14. The number of nitrogens with one attached hydrogen (secondary N) is 1. The van der Waals surface area contributed by atoms with E-state index in [1.807, 2.05) is 42.5 Å². The fraction of sp³-hybridized carbons (Fsp3) is 0.259. The average molecular weight is 443 g/mol. The molecule has 1 atom stereocenters. The number of rotatable bonds is 7. The van der Waals surface area contributed by atoms with Crippen molar-refractivity contribution in [2.24, 2.45) is 0 Å². The van der Waals surface area contributed by atoms with Gasteiger partial charge in [-0.25, -0.2) is 9.37 Å². The fourth-order valence-corrected chi connectivity index (χ4v) is 4.59. The number of H-pyrrole nitrogens is 1. The van der Waals surface area contributed by atoms with Gasteiger partial charge in [-0.2, -0.15) is 5.10 Å². The van der Waals surface area contributed by atoms with E-state index in [1.165, 1.54) is 12.1 Å². The number of halogens is 1. The summed E-state index contributed by atoms with van der Waals surface area (Å²) < 4.78 is 20.1. The van der Waals surface area contributed by atoms with Crippen LogP contribution in [-0.4, -0.2) is 40.7 Å². The zero-order valence-corrected chi connectivity index (χ0v) is 18.9. The number of fused-ring (bicyclic) bond motifs is 1. The zero-order chi connectivity index (χ0) is 22.8. The fourth-order valence-electron chi connectivity index (χ4n) is 4.59. The van der Waals surface area contributed by atoms with Gasteiger partial charge in [-0.05, 0) is 68.4 Å². The molecule has 0 fully saturated rings. The van der Waals surface area contributed by atoms with E-state index < -0.39 is 5.60 Å². The Morgan fingerprint density at radius 3 is 2.55 bits per heavy atom. The van der Waals surface area contributed by atoms with E-state index in [4.69, 9.17) is 9.72 Å². The van der Waals surface area contributed by atoms with E-state index in [9.17, 15) is 4.39 Å². The van der Waals surface area contributed by atoms with Gasteiger partial charge in [0.2, 0.25) is 0 Å². The van der Waals surface area contributed by atoms with Crippen LogP contribution in [-0.2, 0) is 16.9 Å². The van der Waals surface area contributed by atoms with Crippen LogP contribution in [0.2, 0.25) is 0 Å². The van der Waals surface area contributed by atoms with E-state index in [0.29, 0.717) is 12.4 Å². The summed E-state index contributed by atoms with van der Waals surface area (Å²) in [5.41, 5.74) is 4.60. The lowest BCUT2D eigenvalue weighted by atomic mass is 9.81. The number of hydrogen-bond donors (Lipinski definition) is 1. The van der Waals surface area contributed by atoms with Gasteiger partial charge in [0.1, 0.15) is 11.4 Å². The lowest BCUT2D eigenvalue weighted by molar-refractivity contribution is -0.0140. The van der Waals surface area contributed by atoms with Crippen molar-refractivity contribution in [1.82, 2.24) is 20.1 Å². The highest BCUT2D eigenvalue weighted by molar-refractivity contribution is 5.63. The highest BCUT2D eigenvalue weighted by atomic mass is 19.1. The first kappa shape index (κ1) is 21.5. The SMILES string of the molecule is CN(C)CCC[C@@]1(c2ccc(F)cc2)OCc2cc(-c3n[nH]c(-c4ccccc4)n3)ccc21. The molecular weight excluding hydrogens is 415 g/mol. The van der Waals surface area contributed by atoms with Gasteiger partial charge in [0.05, 0.1) is 6.61 Å². The van der Waals surface area contributed by atoms with Crippen molar-refractivity contribution in [1.29, 1.82) is 0 Å². The summed E-state index contributed by atoms with van der Waals surface area (Å²) in [4.78, 5) is 6.87. The summed E-state index contributed by atoms with van der Waals surface area (Å²) in [6, 6.07) is 22.9. The molecule has 1 aliphatic rings. The molecule has 0 radical (unpaired) electrons. The molecule has 1 aromatic heterocycles. The zero-order valence-electron chi connectivity index (χ0n) is 18.9. The number of hydrogen-bond acceptors (Lipinski definition) is 4. The normalized spacial score (nSPS) is 17.5. The standard InChI is InChI=1S/C27H27FN4O/c1-32(2)16-6-15-27(22-10-12-23(28)13-11-22)24-14-9-20(17-21(24)18-33-27)26-29-25(30-31-26)19-7-4-3-5-8-19/h3-5,7-14,17H,6,15-16,18H2,1-2H3,(H,29,30,31)/t27-/m0/s1. The largest absolute Gasteiger partial charge is 0.361 e. The monoisotopic (exact) mass is 442 g/mol. The van der Waals surface area contributed by atoms with Crippen LogP contribution in [0, 0.1) is 5.82 Å². The van der Waals surface area contributed by atoms with Gasteiger partial charge in [-0.3, -0.25) is 5.10 Å². The Kier molecular flexibility index (Phi) is 5.79.